The van der Waals surface area contributed by atoms with Crippen molar-refractivity contribution in [1.29, 1.82) is 0 Å². The summed E-state index contributed by atoms with van der Waals surface area (Å²) < 4.78 is 0. The molecule has 1 heterocycles. The second-order valence-corrected chi connectivity index (χ2v) is 4.44. The van der Waals surface area contributed by atoms with Crippen molar-refractivity contribution in [3.63, 3.8) is 0 Å². The van der Waals surface area contributed by atoms with Crippen molar-refractivity contribution in [1.82, 2.24) is 10.4 Å². The van der Waals surface area contributed by atoms with Crippen LogP contribution in [0.5, 0.6) is 0 Å². The molecule has 0 aliphatic carbocycles. The number of nitrogens with zero attached hydrogens (tertiary/aromatic N) is 1. The van der Waals surface area contributed by atoms with Crippen LogP contribution in [-0.4, -0.2) is 17.6 Å². The van der Waals surface area contributed by atoms with Crippen molar-refractivity contribution < 1.29 is 9.63 Å². The van der Waals surface area contributed by atoms with Crippen LogP contribution in [0.15, 0.2) is 30.3 Å². The molecule has 4 heteroatoms. The zero-order valence-electron chi connectivity index (χ0n) is 10.4. The standard InChI is InChI=1S/C13H18N2O2/c1-4-14-12(16)15-13(17-15,10(2)3)11-8-6-5-7-9-11/h5-10H,4H2,1-3H3,(H,14,16). The number of hydrogen-bond acceptors (Lipinski definition) is 2. The number of hydroxylamine groups is 2. The van der Waals surface area contributed by atoms with Crippen LogP contribution in [0.3, 0.4) is 0 Å². The summed E-state index contributed by atoms with van der Waals surface area (Å²) in [7, 11) is 0. The molecule has 0 radical (unpaired) electrons. The largest absolute Gasteiger partial charge is 0.344 e. The minimum atomic E-state index is -0.597. The molecule has 1 aliphatic rings. The van der Waals surface area contributed by atoms with Gasteiger partial charge in [-0.3, -0.25) is 0 Å². The molecule has 1 atom stereocenters. The summed E-state index contributed by atoms with van der Waals surface area (Å²) in [5.74, 6) is 0.201. The topological polar surface area (TPSA) is 44.6 Å². The Morgan fingerprint density at radius 3 is 2.59 bits per heavy atom. The Labute approximate surface area is 102 Å². The van der Waals surface area contributed by atoms with E-state index in [9.17, 15) is 4.79 Å². The second-order valence-electron chi connectivity index (χ2n) is 4.44. The lowest BCUT2D eigenvalue weighted by molar-refractivity contribution is 0.173. The van der Waals surface area contributed by atoms with E-state index in [1.54, 1.807) is 0 Å². The van der Waals surface area contributed by atoms with E-state index >= 15 is 0 Å². The Kier molecular flexibility index (Phi) is 3.07. The van der Waals surface area contributed by atoms with E-state index in [1.165, 1.54) is 5.06 Å². The van der Waals surface area contributed by atoms with E-state index < -0.39 is 5.72 Å². The number of carbonyl (C=O) groups is 1. The van der Waals surface area contributed by atoms with Gasteiger partial charge in [-0.05, 0) is 6.92 Å². The number of nitrogens with one attached hydrogen (secondary N) is 1. The van der Waals surface area contributed by atoms with Gasteiger partial charge in [0.25, 0.3) is 0 Å². The molecule has 17 heavy (non-hydrogen) atoms. The fourth-order valence-electron chi connectivity index (χ4n) is 2.05. The summed E-state index contributed by atoms with van der Waals surface area (Å²) in [6, 6.07) is 9.66. The van der Waals surface area contributed by atoms with E-state index in [0.717, 1.165) is 5.56 Å². The predicted molar refractivity (Wildman–Crippen MR) is 65.0 cm³/mol. The van der Waals surface area contributed by atoms with Crippen LogP contribution in [0.2, 0.25) is 0 Å². The number of hydrogen-bond donors (Lipinski definition) is 1. The highest BCUT2D eigenvalue weighted by molar-refractivity contribution is 5.75. The zero-order valence-corrected chi connectivity index (χ0v) is 10.4. The molecule has 0 bridgehead atoms. The maximum Gasteiger partial charge on any atom is 0.344 e. The van der Waals surface area contributed by atoms with Crippen LogP contribution < -0.4 is 5.32 Å². The number of amides is 2. The second kappa shape index (κ2) is 4.37. The van der Waals surface area contributed by atoms with Gasteiger partial charge >= 0.3 is 6.03 Å². The minimum Gasteiger partial charge on any atom is -0.336 e. The van der Waals surface area contributed by atoms with Gasteiger partial charge < -0.3 is 5.32 Å². The molecule has 1 aromatic carbocycles. The lowest BCUT2D eigenvalue weighted by Crippen LogP contribution is -2.34. The lowest BCUT2D eigenvalue weighted by Gasteiger charge is -2.15. The SMILES string of the molecule is CCNC(=O)N1OC1(c1ccccc1)C(C)C. The van der Waals surface area contributed by atoms with E-state index in [2.05, 4.69) is 5.32 Å². The molecule has 1 fully saturated rings. The first-order valence-corrected chi connectivity index (χ1v) is 5.95. The van der Waals surface area contributed by atoms with Gasteiger partial charge in [0.2, 0.25) is 5.72 Å². The molecular formula is C13H18N2O2. The quantitative estimate of drug-likeness (QED) is 0.816. The molecule has 4 nitrogen and oxygen atoms in total. The van der Waals surface area contributed by atoms with Crippen molar-refractivity contribution in [2.45, 2.75) is 26.5 Å². The van der Waals surface area contributed by atoms with Crippen LogP contribution in [0.4, 0.5) is 4.79 Å². The van der Waals surface area contributed by atoms with E-state index in [0.29, 0.717) is 6.54 Å². The Balaban J connectivity index is 2.24. The summed E-state index contributed by atoms with van der Waals surface area (Å²) in [6.45, 7) is 6.58. The van der Waals surface area contributed by atoms with Gasteiger partial charge in [0.05, 0.1) is 0 Å². The van der Waals surface area contributed by atoms with Crippen molar-refractivity contribution in [2.75, 3.05) is 6.54 Å². The molecule has 2 amide bonds. The Morgan fingerprint density at radius 2 is 2.06 bits per heavy atom. The summed E-state index contributed by atoms with van der Waals surface area (Å²) in [4.78, 5) is 17.4. The fourth-order valence-corrected chi connectivity index (χ4v) is 2.05. The van der Waals surface area contributed by atoms with E-state index in [-0.39, 0.29) is 11.9 Å². The predicted octanol–water partition coefficient (Wildman–Crippen LogP) is 2.47. The highest BCUT2D eigenvalue weighted by atomic mass is 16.9. The molecule has 0 aromatic heterocycles. The summed E-state index contributed by atoms with van der Waals surface area (Å²) in [6.07, 6.45) is 0. The number of urea groups is 1. The van der Waals surface area contributed by atoms with Gasteiger partial charge in [-0.25, -0.2) is 9.63 Å². The zero-order chi connectivity index (χ0) is 12.5. The summed E-state index contributed by atoms with van der Waals surface area (Å²) in [5, 5.41) is 4.18. The summed E-state index contributed by atoms with van der Waals surface area (Å²) >= 11 is 0. The van der Waals surface area contributed by atoms with E-state index in [4.69, 9.17) is 4.84 Å². The summed E-state index contributed by atoms with van der Waals surface area (Å²) in [5.41, 5.74) is 0.418. The average Bonchev–Trinajstić information content (AvgIpc) is 3.07. The van der Waals surface area contributed by atoms with Crippen LogP contribution in [0, 0.1) is 5.92 Å². The monoisotopic (exact) mass is 234 g/mol. The number of benzene rings is 1. The minimum absolute atomic E-state index is 0.176. The van der Waals surface area contributed by atoms with Crippen LogP contribution >= 0.6 is 0 Å². The molecule has 1 aliphatic heterocycles. The van der Waals surface area contributed by atoms with Crippen LogP contribution in [-0.2, 0) is 10.6 Å². The highest BCUT2D eigenvalue weighted by Gasteiger charge is 2.62. The molecule has 1 aromatic rings. The Morgan fingerprint density at radius 1 is 1.41 bits per heavy atom. The smallest absolute Gasteiger partial charge is 0.336 e. The van der Waals surface area contributed by atoms with Crippen molar-refractivity contribution in [2.24, 2.45) is 5.92 Å². The molecule has 1 unspecified atom stereocenters. The first-order chi connectivity index (χ1) is 8.13. The third-order valence-electron chi connectivity index (χ3n) is 2.98. The number of rotatable bonds is 3. The van der Waals surface area contributed by atoms with Gasteiger partial charge in [-0.1, -0.05) is 44.2 Å². The Hall–Kier alpha value is -1.55. The van der Waals surface area contributed by atoms with E-state index in [1.807, 2.05) is 51.1 Å². The maximum atomic E-state index is 11.8. The molecule has 0 spiro atoms. The average molecular weight is 234 g/mol. The highest BCUT2D eigenvalue weighted by Crippen LogP contribution is 2.50. The van der Waals surface area contributed by atoms with Gasteiger partial charge in [0, 0.05) is 18.0 Å². The molecule has 0 saturated carbocycles. The normalized spacial score (nSPS) is 22.7. The first kappa shape index (κ1) is 11.9. The Bertz CT molecular complexity index is 405. The lowest BCUT2D eigenvalue weighted by atomic mass is 9.94. The number of carbonyl (C=O) groups excluding carboxylic acids is 1. The van der Waals surface area contributed by atoms with Crippen LogP contribution in [0.1, 0.15) is 26.3 Å². The van der Waals surface area contributed by atoms with Gasteiger partial charge in [0.15, 0.2) is 0 Å². The molecule has 1 N–H and O–H groups in total. The third-order valence-corrected chi connectivity index (χ3v) is 2.98. The molecule has 1 saturated heterocycles. The fraction of sp³-hybridized carbons (Fsp3) is 0.462. The molecular weight excluding hydrogens is 216 g/mol. The van der Waals surface area contributed by atoms with Crippen molar-refractivity contribution in [3.05, 3.63) is 35.9 Å². The third kappa shape index (κ3) is 1.89. The maximum absolute atomic E-state index is 11.8. The first-order valence-electron chi connectivity index (χ1n) is 5.95. The molecule has 2 rings (SSSR count). The van der Waals surface area contributed by atoms with Crippen molar-refractivity contribution in [3.8, 4) is 0 Å². The van der Waals surface area contributed by atoms with Crippen molar-refractivity contribution >= 4 is 6.03 Å². The molecule has 92 valence electrons. The van der Waals surface area contributed by atoms with Crippen LogP contribution in [0.25, 0.3) is 0 Å². The van der Waals surface area contributed by atoms with Gasteiger partial charge in [0.1, 0.15) is 0 Å². The van der Waals surface area contributed by atoms with Gasteiger partial charge in [-0.15, -0.1) is 0 Å². The van der Waals surface area contributed by atoms with Gasteiger partial charge in [-0.2, -0.15) is 5.06 Å².